The van der Waals surface area contributed by atoms with E-state index in [1.807, 2.05) is 30.3 Å². The summed E-state index contributed by atoms with van der Waals surface area (Å²) < 4.78 is 10.4. The lowest BCUT2D eigenvalue weighted by Crippen LogP contribution is -2.31. The third-order valence-electron chi connectivity index (χ3n) is 3.45. The molecule has 2 aromatic rings. The van der Waals surface area contributed by atoms with Crippen LogP contribution < -0.4 is 10.1 Å². The standard InChI is InChI=1S/C18H18ClNO5/c1-24-16-8-7-13(19)9-14(16)15(10-17(21)22)20-18(23)25-11-12-5-3-2-4-6-12/h2-9,15H,10-11H2,1H3,(H,20,23)(H,21,22). The van der Waals surface area contributed by atoms with Crippen molar-refractivity contribution in [1.82, 2.24) is 5.32 Å². The van der Waals surface area contributed by atoms with Gasteiger partial charge in [0.2, 0.25) is 0 Å². The van der Waals surface area contributed by atoms with E-state index in [0.717, 1.165) is 5.56 Å². The highest BCUT2D eigenvalue weighted by Gasteiger charge is 2.22. The van der Waals surface area contributed by atoms with Crippen LogP contribution >= 0.6 is 11.6 Å². The summed E-state index contributed by atoms with van der Waals surface area (Å²) in [5.74, 6) is -0.644. The maximum atomic E-state index is 12.1. The van der Waals surface area contributed by atoms with Gasteiger partial charge in [0.1, 0.15) is 12.4 Å². The fourth-order valence-electron chi connectivity index (χ4n) is 2.30. The van der Waals surface area contributed by atoms with Crippen molar-refractivity contribution >= 4 is 23.7 Å². The monoisotopic (exact) mass is 363 g/mol. The average molecular weight is 364 g/mol. The first-order valence-corrected chi connectivity index (χ1v) is 7.90. The van der Waals surface area contributed by atoms with Crippen molar-refractivity contribution in [2.24, 2.45) is 0 Å². The molecule has 7 heteroatoms. The van der Waals surface area contributed by atoms with E-state index in [1.54, 1.807) is 18.2 Å². The van der Waals surface area contributed by atoms with E-state index in [9.17, 15) is 9.59 Å². The number of carboxylic acid groups (broad SMARTS) is 1. The summed E-state index contributed by atoms with van der Waals surface area (Å²) >= 11 is 5.99. The zero-order valence-electron chi connectivity index (χ0n) is 13.6. The number of halogens is 1. The Hall–Kier alpha value is -2.73. The largest absolute Gasteiger partial charge is 0.496 e. The molecule has 0 spiro atoms. The molecule has 1 unspecified atom stereocenters. The number of amides is 1. The summed E-state index contributed by atoms with van der Waals surface area (Å²) in [7, 11) is 1.46. The topological polar surface area (TPSA) is 84.9 Å². The number of ether oxygens (including phenoxy) is 2. The molecule has 1 amide bonds. The van der Waals surface area contributed by atoms with Crippen molar-refractivity contribution in [3.63, 3.8) is 0 Å². The summed E-state index contributed by atoms with van der Waals surface area (Å²) in [6.07, 6.45) is -1.06. The molecule has 0 aromatic heterocycles. The van der Waals surface area contributed by atoms with Crippen molar-refractivity contribution in [2.45, 2.75) is 19.1 Å². The van der Waals surface area contributed by atoms with Crippen LogP contribution in [-0.4, -0.2) is 24.3 Å². The van der Waals surface area contributed by atoms with E-state index in [1.165, 1.54) is 7.11 Å². The molecule has 25 heavy (non-hydrogen) atoms. The van der Waals surface area contributed by atoms with Gasteiger partial charge in [0.15, 0.2) is 0 Å². The highest BCUT2D eigenvalue weighted by molar-refractivity contribution is 6.30. The second kappa shape index (κ2) is 8.94. The Morgan fingerprint density at radius 2 is 1.92 bits per heavy atom. The van der Waals surface area contributed by atoms with Gasteiger partial charge in [0.25, 0.3) is 0 Å². The van der Waals surface area contributed by atoms with Gasteiger partial charge >= 0.3 is 12.1 Å². The van der Waals surface area contributed by atoms with Crippen LogP contribution in [-0.2, 0) is 16.1 Å². The number of rotatable bonds is 7. The minimum atomic E-state index is -1.07. The van der Waals surface area contributed by atoms with Crippen LogP contribution in [0.25, 0.3) is 0 Å². The van der Waals surface area contributed by atoms with E-state index >= 15 is 0 Å². The van der Waals surface area contributed by atoms with Crippen LogP contribution in [0.2, 0.25) is 5.02 Å². The van der Waals surface area contributed by atoms with Gasteiger partial charge in [-0.15, -0.1) is 0 Å². The van der Waals surface area contributed by atoms with Crippen molar-refractivity contribution in [1.29, 1.82) is 0 Å². The van der Waals surface area contributed by atoms with Crippen LogP contribution in [0.5, 0.6) is 5.75 Å². The van der Waals surface area contributed by atoms with Crippen LogP contribution in [0.4, 0.5) is 4.79 Å². The lowest BCUT2D eigenvalue weighted by Gasteiger charge is -2.20. The number of carbonyl (C=O) groups excluding carboxylic acids is 1. The summed E-state index contributed by atoms with van der Waals surface area (Å²) in [6, 6.07) is 13.1. The quantitative estimate of drug-likeness (QED) is 0.781. The van der Waals surface area contributed by atoms with E-state index in [-0.39, 0.29) is 13.0 Å². The molecule has 0 radical (unpaired) electrons. The molecule has 1 atom stereocenters. The summed E-state index contributed by atoms with van der Waals surface area (Å²) in [6.45, 7) is 0.0825. The Morgan fingerprint density at radius 3 is 2.56 bits per heavy atom. The van der Waals surface area contributed by atoms with Gasteiger partial charge in [0, 0.05) is 10.6 Å². The second-order valence-corrected chi connectivity index (χ2v) is 5.68. The molecular weight excluding hydrogens is 346 g/mol. The summed E-state index contributed by atoms with van der Waals surface area (Å²) in [4.78, 5) is 23.2. The van der Waals surface area contributed by atoms with Crippen LogP contribution in [0.3, 0.4) is 0 Å². The molecule has 132 valence electrons. The van der Waals surface area contributed by atoms with Gasteiger partial charge in [-0.25, -0.2) is 4.79 Å². The van der Waals surface area contributed by atoms with Crippen LogP contribution in [0.15, 0.2) is 48.5 Å². The lowest BCUT2D eigenvalue weighted by molar-refractivity contribution is -0.137. The van der Waals surface area contributed by atoms with Crippen molar-refractivity contribution in [3.8, 4) is 5.75 Å². The van der Waals surface area contributed by atoms with Crippen molar-refractivity contribution in [3.05, 3.63) is 64.7 Å². The second-order valence-electron chi connectivity index (χ2n) is 5.24. The number of carbonyl (C=O) groups is 2. The third-order valence-corrected chi connectivity index (χ3v) is 3.69. The SMILES string of the molecule is COc1ccc(Cl)cc1C(CC(=O)O)NC(=O)OCc1ccccc1. The smallest absolute Gasteiger partial charge is 0.407 e. The molecule has 2 aromatic carbocycles. The minimum Gasteiger partial charge on any atom is -0.496 e. The summed E-state index contributed by atoms with van der Waals surface area (Å²) in [5.41, 5.74) is 1.29. The van der Waals surface area contributed by atoms with E-state index in [4.69, 9.17) is 26.2 Å². The van der Waals surface area contributed by atoms with Crippen LogP contribution in [0, 0.1) is 0 Å². The Balaban J connectivity index is 2.11. The Labute approximate surface area is 150 Å². The fourth-order valence-corrected chi connectivity index (χ4v) is 2.48. The first-order chi connectivity index (χ1) is 12.0. The van der Waals surface area contributed by atoms with E-state index in [0.29, 0.717) is 16.3 Å². The van der Waals surface area contributed by atoms with Gasteiger partial charge in [-0.05, 0) is 23.8 Å². The highest BCUT2D eigenvalue weighted by atomic mass is 35.5. The summed E-state index contributed by atoms with van der Waals surface area (Å²) in [5, 5.41) is 12.1. The zero-order valence-corrected chi connectivity index (χ0v) is 14.3. The number of hydrogen-bond acceptors (Lipinski definition) is 4. The normalized spacial score (nSPS) is 11.4. The van der Waals surface area contributed by atoms with E-state index < -0.39 is 18.1 Å². The lowest BCUT2D eigenvalue weighted by atomic mass is 10.0. The Kier molecular flexibility index (Phi) is 6.65. The molecule has 6 nitrogen and oxygen atoms in total. The zero-order chi connectivity index (χ0) is 18.2. The Bertz CT molecular complexity index is 736. The number of benzene rings is 2. The molecule has 0 heterocycles. The first kappa shape index (κ1) is 18.6. The molecule has 2 rings (SSSR count). The van der Waals surface area contributed by atoms with Gasteiger partial charge in [-0.2, -0.15) is 0 Å². The number of hydrogen-bond donors (Lipinski definition) is 2. The van der Waals surface area contributed by atoms with Gasteiger partial charge < -0.3 is 19.9 Å². The van der Waals surface area contributed by atoms with Crippen molar-refractivity contribution in [2.75, 3.05) is 7.11 Å². The maximum absolute atomic E-state index is 12.1. The molecular formula is C18H18ClNO5. The number of methoxy groups -OCH3 is 1. The first-order valence-electron chi connectivity index (χ1n) is 7.52. The molecule has 0 fully saturated rings. The van der Waals surface area contributed by atoms with Gasteiger partial charge in [-0.1, -0.05) is 41.9 Å². The molecule has 0 bridgehead atoms. The number of carboxylic acids is 1. The van der Waals surface area contributed by atoms with Crippen LogP contribution in [0.1, 0.15) is 23.6 Å². The molecule has 0 saturated heterocycles. The third kappa shape index (κ3) is 5.69. The highest BCUT2D eigenvalue weighted by Crippen LogP contribution is 2.30. The maximum Gasteiger partial charge on any atom is 0.407 e. The minimum absolute atomic E-state index is 0.0825. The van der Waals surface area contributed by atoms with Gasteiger partial charge in [0.05, 0.1) is 19.6 Å². The predicted octanol–water partition coefficient (Wildman–Crippen LogP) is 3.79. The molecule has 0 aliphatic carbocycles. The molecule has 0 aliphatic heterocycles. The number of alkyl carbamates (subject to hydrolysis) is 1. The van der Waals surface area contributed by atoms with Gasteiger partial charge in [-0.3, -0.25) is 4.79 Å². The van der Waals surface area contributed by atoms with Crippen molar-refractivity contribution < 1.29 is 24.2 Å². The average Bonchev–Trinajstić information content (AvgIpc) is 2.60. The molecule has 2 N–H and O–H groups in total. The Morgan fingerprint density at radius 1 is 1.20 bits per heavy atom. The van der Waals surface area contributed by atoms with E-state index in [2.05, 4.69) is 5.32 Å². The molecule has 0 saturated carbocycles. The predicted molar refractivity (Wildman–Crippen MR) is 92.8 cm³/mol. The number of aliphatic carboxylic acids is 1. The molecule has 0 aliphatic rings. The fraction of sp³-hybridized carbons (Fsp3) is 0.222. The number of nitrogens with one attached hydrogen (secondary N) is 1.